The summed E-state index contributed by atoms with van der Waals surface area (Å²) in [5.41, 5.74) is 0.282. The highest BCUT2D eigenvalue weighted by atomic mass is 16.5. The topological polar surface area (TPSA) is 92.5 Å². The molecule has 0 aromatic carbocycles. The van der Waals surface area contributed by atoms with Crippen molar-refractivity contribution in [3.8, 4) is 0 Å². The average molecular weight is 337 g/mol. The fourth-order valence-electron chi connectivity index (χ4n) is 3.63. The zero-order chi connectivity index (χ0) is 17.0. The Bertz CT molecular complexity index is 556. The number of amides is 1. The van der Waals surface area contributed by atoms with Gasteiger partial charge >= 0.3 is 0 Å². The zero-order valence-corrected chi connectivity index (χ0v) is 14.5. The van der Waals surface area contributed by atoms with Crippen molar-refractivity contribution < 1.29 is 14.1 Å². The van der Waals surface area contributed by atoms with E-state index in [1.807, 2.05) is 0 Å². The molecule has 1 spiro atoms. The van der Waals surface area contributed by atoms with Crippen LogP contribution in [0.25, 0.3) is 0 Å². The van der Waals surface area contributed by atoms with Gasteiger partial charge in [-0.2, -0.15) is 4.98 Å². The van der Waals surface area contributed by atoms with Gasteiger partial charge in [0.2, 0.25) is 11.8 Å². The Morgan fingerprint density at radius 2 is 2.25 bits per heavy atom. The number of hydrogen-bond donors (Lipinski definition) is 2. The number of aromatic nitrogens is 2. The smallest absolute Gasteiger partial charge is 0.246 e. The van der Waals surface area contributed by atoms with E-state index in [0.29, 0.717) is 31.3 Å². The summed E-state index contributed by atoms with van der Waals surface area (Å²) in [6, 6.07) is -0.107. The van der Waals surface area contributed by atoms with E-state index in [0.717, 1.165) is 38.9 Å². The first-order valence-corrected chi connectivity index (χ1v) is 8.61. The number of rotatable bonds is 6. The third kappa shape index (κ3) is 3.93. The maximum absolute atomic E-state index is 12.7. The second-order valence-corrected chi connectivity index (χ2v) is 6.93. The number of methoxy groups -OCH3 is 1. The Hall–Kier alpha value is -1.51. The fourth-order valence-corrected chi connectivity index (χ4v) is 3.63. The molecule has 2 aliphatic rings. The van der Waals surface area contributed by atoms with Gasteiger partial charge in [-0.15, -0.1) is 0 Å². The van der Waals surface area contributed by atoms with Crippen molar-refractivity contribution in [2.24, 2.45) is 5.41 Å². The predicted octanol–water partition coefficient (Wildman–Crippen LogP) is -0.0514. The highest BCUT2D eigenvalue weighted by Crippen LogP contribution is 2.37. The molecule has 0 aliphatic carbocycles. The summed E-state index contributed by atoms with van der Waals surface area (Å²) in [5, 5.41) is 10.7. The molecule has 3 rings (SSSR count). The summed E-state index contributed by atoms with van der Waals surface area (Å²) in [7, 11) is 3.42. The van der Waals surface area contributed by atoms with Gasteiger partial charge in [0.15, 0.2) is 5.82 Å². The summed E-state index contributed by atoms with van der Waals surface area (Å²) in [5.74, 6) is 1.17. The highest BCUT2D eigenvalue weighted by molar-refractivity contribution is 5.82. The second-order valence-electron chi connectivity index (χ2n) is 6.93. The average Bonchev–Trinajstić information content (AvgIpc) is 3.20. The van der Waals surface area contributed by atoms with Crippen LogP contribution in [0.2, 0.25) is 0 Å². The number of carbonyl (C=O) groups excluding carboxylic acids is 1. The molecule has 8 nitrogen and oxygen atoms in total. The largest absolute Gasteiger partial charge is 0.384 e. The summed E-state index contributed by atoms with van der Waals surface area (Å²) in [6.07, 6.45) is 3.80. The van der Waals surface area contributed by atoms with Crippen LogP contribution in [0.1, 0.15) is 31.0 Å². The van der Waals surface area contributed by atoms with Gasteiger partial charge in [0.25, 0.3) is 0 Å². The van der Waals surface area contributed by atoms with Gasteiger partial charge < -0.3 is 24.8 Å². The van der Waals surface area contributed by atoms with E-state index in [4.69, 9.17) is 9.26 Å². The molecule has 134 valence electrons. The molecule has 1 aromatic rings. The molecule has 1 aromatic heterocycles. The van der Waals surface area contributed by atoms with Crippen LogP contribution in [0.3, 0.4) is 0 Å². The maximum atomic E-state index is 12.7. The molecule has 0 saturated carbocycles. The Morgan fingerprint density at radius 3 is 3.00 bits per heavy atom. The van der Waals surface area contributed by atoms with Crippen LogP contribution in [-0.2, 0) is 22.5 Å². The predicted molar refractivity (Wildman–Crippen MR) is 87.3 cm³/mol. The molecule has 2 saturated heterocycles. The Kier molecular flexibility index (Phi) is 5.47. The van der Waals surface area contributed by atoms with Gasteiger partial charge in [-0.05, 0) is 37.8 Å². The lowest BCUT2D eigenvalue weighted by Crippen LogP contribution is -2.41. The second kappa shape index (κ2) is 7.58. The SMILES string of the molecule is COCCc1noc(CN(C)C(=O)[C@@H]2CC3(CCNCC3)CN2)n1. The number of piperidine rings is 1. The number of hydrogen-bond acceptors (Lipinski definition) is 7. The third-order valence-corrected chi connectivity index (χ3v) is 5.11. The van der Waals surface area contributed by atoms with Crippen LogP contribution in [0.15, 0.2) is 4.52 Å². The van der Waals surface area contributed by atoms with Crippen molar-refractivity contribution in [2.45, 2.75) is 38.3 Å². The molecule has 1 atom stereocenters. The van der Waals surface area contributed by atoms with Crippen molar-refractivity contribution in [3.63, 3.8) is 0 Å². The molecule has 24 heavy (non-hydrogen) atoms. The molecule has 2 aliphatic heterocycles. The van der Waals surface area contributed by atoms with Crippen LogP contribution >= 0.6 is 0 Å². The first kappa shape index (κ1) is 17.3. The summed E-state index contributed by atoms with van der Waals surface area (Å²) in [6.45, 7) is 3.91. The minimum atomic E-state index is -0.107. The van der Waals surface area contributed by atoms with E-state index in [1.54, 1.807) is 19.1 Å². The van der Waals surface area contributed by atoms with Crippen molar-refractivity contribution in [3.05, 3.63) is 11.7 Å². The van der Waals surface area contributed by atoms with E-state index in [-0.39, 0.29) is 17.4 Å². The number of likely N-dealkylation sites (N-methyl/N-ethyl adjacent to an activating group) is 1. The number of nitrogens with one attached hydrogen (secondary N) is 2. The van der Waals surface area contributed by atoms with Crippen LogP contribution in [0.5, 0.6) is 0 Å². The van der Waals surface area contributed by atoms with Crippen molar-refractivity contribution >= 4 is 5.91 Å². The molecule has 0 bridgehead atoms. The van der Waals surface area contributed by atoms with Gasteiger partial charge in [0.05, 0.1) is 19.2 Å². The van der Waals surface area contributed by atoms with Gasteiger partial charge in [-0.25, -0.2) is 0 Å². The highest BCUT2D eigenvalue weighted by Gasteiger charge is 2.42. The van der Waals surface area contributed by atoms with Gasteiger partial charge in [0, 0.05) is 27.1 Å². The molecular formula is C16H27N5O3. The van der Waals surface area contributed by atoms with Crippen molar-refractivity contribution in [1.29, 1.82) is 0 Å². The van der Waals surface area contributed by atoms with E-state index in [1.165, 1.54) is 0 Å². The lowest BCUT2D eigenvalue weighted by atomic mass is 9.77. The molecule has 8 heteroatoms. The van der Waals surface area contributed by atoms with Crippen LogP contribution in [-0.4, -0.2) is 67.4 Å². The maximum Gasteiger partial charge on any atom is 0.246 e. The number of nitrogens with zero attached hydrogens (tertiary/aromatic N) is 3. The minimum absolute atomic E-state index is 0.0991. The Balaban J connectivity index is 1.52. The van der Waals surface area contributed by atoms with Gasteiger partial charge in [0.1, 0.15) is 0 Å². The molecule has 1 amide bonds. The van der Waals surface area contributed by atoms with E-state index < -0.39 is 0 Å². The van der Waals surface area contributed by atoms with Gasteiger partial charge in [-0.1, -0.05) is 5.16 Å². The molecular weight excluding hydrogens is 310 g/mol. The summed E-state index contributed by atoms with van der Waals surface area (Å²) in [4.78, 5) is 18.7. The first-order chi connectivity index (χ1) is 11.6. The summed E-state index contributed by atoms with van der Waals surface area (Å²) < 4.78 is 10.2. The fraction of sp³-hybridized carbons (Fsp3) is 0.812. The first-order valence-electron chi connectivity index (χ1n) is 8.61. The molecule has 2 fully saturated rings. The van der Waals surface area contributed by atoms with E-state index in [2.05, 4.69) is 20.8 Å². The number of carbonyl (C=O) groups is 1. The molecule has 0 radical (unpaired) electrons. The lowest BCUT2D eigenvalue weighted by molar-refractivity contribution is -0.132. The monoisotopic (exact) mass is 337 g/mol. The quantitative estimate of drug-likeness (QED) is 0.752. The minimum Gasteiger partial charge on any atom is -0.384 e. The molecule has 2 N–H and O–H groups in total. The van der Waals surface area contributed by atoms with E-state index >= 15 is 0 Å². The molecule has 0 unspecified atom stereocenters. The van der Waals surface area contributed by atoms with Gasteiger partial charge in [-0.3, -0.25) is 4.79 Å². The zero-order valence-electron chi connectivity index (χ0n) is 14.5. The summed E-state index contributed by atoms with van der Waals surface area (Å²) >= 11 is 0. The Labute approximate surface area is 142 Å². The lowest BCUT2D eigenvalue weighted by Gasteiger charge is -2.33. The number of ether oxygens (including phenoxy) is 1. The van der Waals surface area contributed by atoms with Crippen LogP contribution in [0, 0.1) is 5.41 Å². The molecule has 3 heterocycles. The third-order valence-electron chi connectivity index (χ3n) is 5.11. The normalized spacial score (nSPS) is 22.8. The van der Waals surface area contributed by atoms with Crippen molar-refractivity contribution in [1.82, 2.24) is 25.7 Å². The standard InChI is InChI=1S/C16H27N5O3/c1-21(10-14-19-13(20-24-14)3-8-23-2)15(22)12-9-16(11-18-12)4-6-17-7-5-16/h12,17-18H,3-11H2,1-2H3/t12-/m0/s1. The van der Waals surface area contributed by atoms with Crippen molar-refractivity contribution in [2.75, 3.05) is 40.4 Å². The van der Waals surface area contributed by atoms with Crippen LogP contribution < -0.4 is 10.6 Å². The van der Waals surface area contributed by atoms with Crippen LogP contribution in [0.4, 0.5) is 0 Å². The van der Waals surface area contributed by atoms with E-state index in [9.17, 15) is 4.79 Å². The Morgan fingerprint density at radius 1 is 1.46 bits per heavy atom.